The van der Waals surface area contributed by atoms with Crippen LogP contribution in [0.3, 0.4) is 0 Å². The molecule has 0 spiro atoms. The number of hydrogen-bond donors (Lipinski definition) is 2. The Balaban J connectivity index is 2.20. The summed E-state index contributed by atoms with van der Waals surface area (Å²) in [6.45, 7) is 2.49. The molecule has 0 unspecified atom stereocenters. The molecule has 0 bridgehead atoms. The van der Waals surface area contributed by atoms with Crippen LogP contribution in [0, 0.1) is 11.3 Å². The molecule has 0 fully saturated rings. The van der Waals surface area contributed by atoms with E-state index in [1.807, 2.05) is 49.4 Å². The smallest absolute Gasteiger partial charge is 0.262 e. The van der Waals surface area contributed by atoms with Gasteiger partial charge in [-0.25, -0.2) is 0 Å². The van der Waals surface area contributed by atoms with Crippen molar-refractivity contribution in [1.82, 2.24) is 0 Å². The minimum Gasteiger partial charge on any atom is -0.494 e. The number of halogens is 1. The zero-order valence-electron chi connectivity index (χ0n) is 14.2. The summed E-state index contributed by atoms with van der Waals surface area (Å²) >= 11 is 7.21. The number of rotatable bonds is 8. The molecule has 0 aliphatic rings. The molecule has 0 heterocycles. The Morgan fingerprint density at radius 2 is 1.88 bits per heavy atom. The fourth-order valence-corrected chi connectivity index (χ4v) is 3.17. The summed E-state index contributed by atoms with van der Waals surface area (Å²) in [6.07, 6.45) is 0. The minimum atomic E-state index is -0.774. The average molecular weight is 388 g/mol. The van der Waals surface area contributed by atoms with E-state index in [1.165, 1.54) is 11.8 Å². The number of nitrogens with one attached hydrogen (secondary N) is 1. The molecule has 2 aromatic rings. The highest BCUT2D eigenvalue weighted by atomic mass is 35.5. The monoisotopic (exact) mass is 387 g/mol. The quantitative estimate of drug-likeness (QED) is 0.520. The lowest BCUT2D eigenvalue weighted by atomic mass is 10.2. The highest BCUT2D eigenvalue weighted by molar-refractivity contribution is 8.02. The normalized spacial score (nSPS) is 11.3. The molecule has 0 atom stereocenters. The third kappa shape index (κ3) is 5.73. The second-order valence-corrected chi connectivity index (χ2v) is 6.60. The summed E-state index contributed by atoms with van der Waals surface area (Å²) in [4.78, 5) is 11.6. The van der Waals surface area contributed by atoms with Crippen LogP contribution < -0.4 is 15.8 Å². The standard InChI is InChI=1S/C19H18ClN3O2S/c1-2-25-16-9-7-15(8-10-16)23-19(17(11-21)18(22)24)26-12-13-3-5-14(20)6-4-13/h3-10,23H,2,12H2,1H3,(H2,22,24)/b19-17+. The van der Waals surface area contributed by atoms with Crippen molar-refractivity contribution < 1.29 is 9.53 Å². The topological polar surface area (TPSA) is 88.1 Å². The lowest BCUT2D eigenvalue weighted by molar-refractivity contribution is -0.114. The SMILES string of the molecule is CCOc1ccc(N/C(SCc2ccc(Cl)cc2)=C(/C#N)C(N)=O)cc1. The molecule has 134 valence electrons. The Hall–Kier alpha value is -2.62. The van der Waals surface area contributed by atoms with Gasteiger partial charge in [0.05, 0.1) is 11.6 Å². The Bertz CT molecular complexity index is 827. The largest absolute Gasteiger partial charge is 0.494 e. The second-order valence-electron chi connectivity index (χ2n) is 5.18. The molecule has 2 rings (SSSR count). The number of thioether (sulfide) groups is 1. The van der Waals surface area contributed by atoms with Crippen LogP contribution in [0.1, 0.15) is 12.5 Å². The van der Waals surface area contributed by atoms with Crippen molar-refractivity contribution in [3.63, 3.8) is 0 Å². The summed E-state index contributed by atoms with van der Waals surface area (Å²) in [5.74, 6) is 0.520. The first-order chi connectivity index (χ1) is 12.5. The first-order valence-electron chi connectivity index (χ1n) is 7.84. The highest BCUT2D eigenvalue weighted by Gasteiger charge is 2.14. The number of primary amides is 1. The Kier molecular flexibility index (Phi) is 7.39. The molecule has 0 saturated heterocycles. The molecule has 2 aromatic carbocycles. The van der Waals surface area contributed by atoms with Gasteiger partial charge in [0.25, 0.3) is 5.91 Å². The predicted molar refractivity (Wildman–Crippen MR) is 106 cm³/mol. The molecular weight excluding hydrogens is 370 g/mol. The first kappa shape index (κ1) is 19.7. The molecular formula is C19H18ClN3O2S. The third-order valence-corrected chi connectivity index (χ3v) is 4.63. The molecule has 0 radical (unpaired) electrons. The van der Waals surface area contributed by atoms with Gasteiger partial charge in [-0.3, -0.25) is 4.79 Å². The number of anilines is 1. The van der Waals surface area contributed by atoms with Crippen LogP contribution in [-0.4, -0.2) is 12.5 Å². The van der Waals surface area contributed by atoms with Crippen molar-refractivity contribution in [2.75, 3.05) is 11.9 Å². The lowest BCUT2D eigenvalue weighted by Gasteiger charge is -2.13. The van der Waals surface area contributed by atoms with Gasteiger partial charge in [0.15, 0.2) is 0 Å². The minimum absolute atomic E-state index is 0.113. The third-order valence-electron chi connectivity index (χ3n) is 3.30. The number of nitriles is 1. The van der Waals surface area contributed by atoms with E-state index < -0.39 is 5.91 Å². The molecule has 0 aliphatic heterocycles. The molecule has 7 heteroatoms. The summed E-state index contributed by atoms with van der Waals surface area (Å²) in [6, 6.07) is 16.5. The van der Waals surface area contributed by atoms with Crippen LogP contribution in [-0.2, 0) is 10.5 Å². The second kappa shape index (κ2) is 9.76. The molecule has 26 heavy (non-hydrogen) atoms. The molecule has 3 N–H and O–H groups in total. The number of nitrogens with zero attached hydrogens (tertiary/aromatic N) is 1. The van der Waals surface area contributed by atoms with Gasteiger partial charge < -0.3 is 15.8 Å². The van der Waals surface area contributed by atoms with Gasteiger partial charge in [0, 0.05) is 16.5 Å². The summed E-state index contributed by atoms with van der Waals surface area (Å²) in [5, 5.41) is 13.4. The first-order valence-corrected chi connectivity index (χ1v) is 9.21. The number of benzene rings is 2. The van der Waals surface area contributed by atoms with E-state index in [4.69, 9.17) is 22.1 Å². The fourth-order valence-electron chi connectivity index (χ4n) is 2.06. The maximum Gasteiger partial charge on any atom is 0.262 e. The van der Waals surface area contributed by atoms with Crippen molar-refractivity contribution in [2.45, 2.75) is 12.7 Å². The van der Waals surface area contributed by atoms with Crippen LogP contribution in [0.2, 0.25) is 5.02 Å². The zero-order chi connectivity index (χ0) is 18.9. The maximum atomic E-state index is 11.6. The van der Waals surface area contributed by atoms with E-state index in [0.717, 1.165) is 17.0 Å². The average Bonchev–Trinajstić information content (AvgIpc) is 2.63. The van der Waals surface area contributed by atoms with E-state index in [0.29, 0.717) is 22.4 Å². The Morgan fingerprint density at radius 3 is 2.42 bits per heavy atom. The maximum absolute atomic E-state index is 11.6. The van der Waals surface area contributed by atoms with Crippen LogP contribution >= 0.6 is 23.4 Å². The molecule has 0 saturated carbocycles. The summed E-state index contributed by atoms with van der Waals surface area (Å²) in [7, 11) is 0. The van der Waals surface area contributed by atoms with Gasteiger partial charge in [0.2, 0.25) is 0 Å². The fraction of sp³-hybridized carbons (Fsp3) is 0.158. The summed E-state index contributed by atoms with van der Waals surface area (Å²) < 4.78 is 5.41. The predicted octanol–water partition coefficient (Wildman–Crippen LogP) is 4.30. The van der Waals surface area contributed by atoms with Crippen molar-refractivity contribution in [3.05, 3.63) is 69.7 Å². The Morgan fingerprint density at radius 1 is 1.23 bits per heavy atom. The number of carbonyl (C=O) groups excluding carboxylic acids is 1. The van der Waals surface area contributed by atoms with Crippen molar-refractivity contribution in [2.24, 2.45) is 5.73 Å². The van der Waals surface area contributed by atoms with E-state index in [9.17, 15) is 10.1 Å². The van der Waals surface area contributed by atoms with Gasteiger partial charge in [-0.05, 0) is 48.9 Å². The number of ether oxygens (including phenoxy) is 1. The summed E-state index contributed by atoms with van der Waals surface area (Å²) in [5.41, 5.74) is 6.96. The van der Waals surface area contributed by atoms with E-state index in [2.05, 4.69) is 5.32 Å². The van der Waals surface area contributed by atoms with Gasteiger partial charge >= 0.3 is 0 Å². The number of carbonyl (C=O) groups is 1. The van der Waals surface area contributed by atoms with Gasteiger partial charge in [-0.2, -0.15) is 5.26 Å². The van der Waals surface area contributed by atoms with E-state index in [-0.39, 0.29) is 5.57 Å². The highest BCUT2D eigenvalue weighted by Crippen LogP contribution is 2.27. The van der Waals surface area contributed by atoms with Crippen LogP contribution in [0.4, 0.5) is 5.69 Å². The van der Waals surface area contributed by atoms with Crippen LogP contribution in [0.5, 0.6) is 5.75 Å². The Labute approximate surface area is 161 Å². The molecule has 0 aliphatic carbocycles. The molecule has 5 nitrogen and oxygen atoms in total. The van der Waals surface area contributed by atoms with Crippen molar-refractivity contribution >= 4 is 35.0 Å². The van der Waals surface area contributed by atoms with Crippen molar-refractivity contribution in [3.8, 4) is 11.8 Å². The number of hydrogen-bond acceptors (Lipinski definition) is 5. The van der Waals surface area contributed by atoms with Crippen LogP contribution in [0.15, 0.2) is 59.1 Å². The number of amides is 1. The molecule has 0 aromatic heterocycles. The van der Waals surface area contributed by atoms with Crippen LogP contribution in [0.25, 0.3) is 0 Å². The molecule has 1 amide bonds. The number of nitrogens with two attached hydrogens (primary N) is 1. The zero-order valence-corrected chi connectivity index (χ0v) is 15.7. The van der Waals surface area contributed by atoms with E-state index in [1.54, 1.807) is 12.1 Å². The van der Waals surface area contributed by atoms with Crippen molar-refractivity contribution in [1.29, 1.82) is 5.26 Å². The van der Waals surface area contributed by atoms with Gasteiger partial charge in [-0.15, -0.1) is 11.8 Å². The van der Waals surface area contributed by atoms with Gasteiger partial charge in [0.1, 0.15) is 17.4 Å². The lowest BCUT2D eigenvalue weighted by Crippen LogP contribution is -2.16. The van der Waals surface area contributed by atoms with Gasteiger partial charge in [-0.1, -0.05) is 23.7 Å². The van der Waals surface area contributed by atoms with E-state index >= 15 is 0 Å².